The minimum absolute atomic E-state index is 0.103. The summed E-state index contributed by atoms with van der Waals surface area (Å²) in [7, 11) is 1.95. The second-order valence-corrected chi connectivity index (χ2v) is 6.02. The van der Waals surface area contributed by atoms with Gasteiger partial charge in [-0.3, -0.25) is 4.98 Å². The molecule has 1 aromatic rings. The molecule has 1 aliphatic rings. The fourth-order valence-corrected chi connectivity index (χ4v) is 2.64. The molecule has 0 aromatic carbocycles. The first-order valence-electron chi connectivity index (χ1n) is 6.97. The van der Waals surface area contributed by atoms with Gasteiger partial charge in [0.05, 0.1) is 29.3 Å². The first kappa shape index (κ1) is 14.3. The molecule has 0 aliphatic carbocycles. The van der Waals surface area contributed by atoms with Crippen molar-refractivity contribution in [1.82, 2.24) is 10.3 Å². The highest BCUT2D eigenvalue weighted by molar-refractivity contribution is 5.46. The number of hydrogen-bond donors (Lipinski definition) is 1. The van der Waals surface area contributed by atoms with Crippen LogP contribution in [0.3, 0.4) is 0 Å². The van der Waals surface area contributed by atoms with E-state index in [1.54, 1.807) is 0 Å². The Morgan fingerprint density at radius 1 is 1.47 bits per heavy atom. The lowest BCUT2D eigenvalue weighted by Crippen LogP contribution is -2.52. The van der Waals surface area contributed by atoms with Crippen LogP contribution in [0, 0.1) is 0 Å². The average molecular weight is 263 g/mol. The van der Waals surface area contributed by atoms with Gasteiger partial charge in [-0.25, -0.2) is 0 Å². The highest BCUT2D eigenvalue weighted by Gasteiger charge is 2.31. The zero-order valence-corrected chi connectivity index (χ0v) is 12.6. The summed E-state index contributed by atoms with van der Waals surface area (Å²) in [6.07, 6.45) is 2.22. The van der Waals surface area contributed by atoms with Crippen molar-refractivity contribution in [2.24, 2.45) is 0 Å². The van der Waals surface area contributed by atoms with Gasteiger partial charge in [-0.1, -0.05) is 0 Å². The van der Waals surface area contributed by atoms with Crippen LogP contribution < -0.4 is 10.2 Å². The number of nitrogens with zero attached hydrogens (tertiary/aromatic N) is 2. The molecular weight excluding hydrogens is 238 g/mol. The molecule has 1 fully saturated rings. The second-order valence-electron chi connectivity index (χ2n) is 6.02. The molecule has 106 valence electrons. The van der Waals surface area contributed by atoms with Crippen LogP contribution in [-0.4, -0.2) is 36.8 Å². The van der Waals surface area contributed by atoms with Crippen molar-refractivity contribution in [2.75, 3.05) is 25.0 Å². The Labute approximate surface area is 116 Å². The fourth-order valence-electron chi connectivity index (χ4n) is 2.64. The summed E-state index contributed by atoms with van der Waals surface area (Å²) < 4.78 is 5.93. The van der Waals surface area contributed by atoms with E-state index in [1.165, 1.54) is 5.69 Å². The lowest BCUT2D eigenvalue weighted by atomic mass is 10.0. The summed E-state index contributed by atoms with van der Waals surface area (Å²) >= 11 is 0. The monoisotopic (exact) mass is 263 g/mol. The molecule has 4 heteroatoms. The Morgan fingerprint density at radius 2 is 2.21 bits per heavy atom. The zero-order valence-electron chi connectivity index (χ0n) is 12.6. The maximum atomic E-state index is 5.93. The van der Waals surface area contributed by atoms with E-state index in [4.69, 9.17) is 4.74 Å². The number of morpholine rings is 1. The molecule has 19 heavy (non-hydrogen) atoms. The molecule has 2 unspecified atom stereocenters. The number of ether oxygens (including phenoxy) is 1. The zero-order chi connectivity index (χ0) is 14.0. The number of anilines is 1. The summed E-state index contributed by atoms with van der Waals surface area (Å²) in [6.45, 7) is 10.3. The summed E-state index contributed by atoms with van der Waals surface area (Å²) in [5.41, 5.74) is 2.15. The van der Waals surface area contributed by atoms with Gasteiger partial charge >= 0.3 is 0 Å². The van der Waals surface area contributed by atoms with Crippen LogP contribution in [0.5, 0.6) is 0 Å². The Hall–Kier alpha value is -1.13. The first-order valence-corrected chi connectivity index (χ1v) is 6.97. The third-order valence-electron chi connectivity index (χ3n) is 3.58. The molecule has 1 N–H and O–H groups in total. The number of aromatic nitrogens is 1. The van der Waals surface area contributed by atoms with Crippen molar-refractivity contribution < 1.29 is 4.74 Å². The van der Waals surface area contributed by atoms with Crippen LogP contribution in [0.25, 0.3) is 0 Å². The number of nitrogens with one attached hydrogen (secondary N) is 1. The minimum atomic E-state index is -0.103. The highest BCUT2D eigenvalue weighted by atomic mass is 16.5. The SMILES string of the molecule is CNC(C)c1ccc(N2CC(C)OC(C)(C)C2)cn1. The first-order chi connectivity index (χ1) is 8.91. The molecule has 0 bridgehead atoms. The van der Waals surface area contributed by atoms with E-state index in [0.717, 1.165) is 18.8 Å². The van der Waals surface area contributed by atoms with Gasteiger partial charge in [-0.2, -0.15) is 0 Å². The molecule has 0 radical (unpaired) electrons. The standard InChI is InChI=1S/C15H25N3O/c1-11-9-18(10-15(3,4)19-11)13-6-7-14(17-8-13)12(2)16-5/h6-8,11-12,16H,9-10H2,1-5H3. The van der Waals surface area contributed by atoms with Crippen LogP contribution >= 0.6 is 0 Å². The summed E-state index contributed by atoms with van der Waals surface area (Å²) in [6, 6.07) is 4.54. The van der Waals surface area contributed by atoms with Crippen molar-refractivity contribution in [1.29, 1.82) is 0 Å². The molecular formula is C15H25N3O. The van der Waals surface area contributed by atoms with Gasteiger partial charge in [-0.05, 0) is 46.9 Å². The van der Waals surface area contributed by atoms with E-state index in [9.17, 15) is 0 Å². The number of hydrogen-bond acceptors (Lipinski definition) is 4. The predicted octanol–water partition coefficient (Wildman–Crippen LogP) is 2.37. The molecule has 0 amide bonds. The van der Waals surface area contributed by atoms with Crippen LogP contribution in [0.2, 0.25) is 0 Å². The molecule has 2 heterocycles. The molecule has 0 spiro atoms. The molecule has 2 atom stereocenters. The predicted molar refractivity (Wildman–Crippen MR) is 78.6 cm³/mol. The van der Waals surface area contributed by atoms with E-state index in [1.807, 2.05) is 13.2 Å². The van der Waals surface area contributed by atoms with Crippen LogP contribution in [0.1, 0.15) is 39.4 Å². The summed E-state index contributed by atoms with van der Waals surface area (Å²) in [4.78, 5) is 6.91. The van der Waals surface area contributed by atoms with E-state index in [0.29, 0.717) is 0 Å². The molecule has 4 nitrogen and oxygen atoms in total. The lowest BCUT2D eigenvalue weighted by molar-refractivity contribution is -0.0749. The third kappa shape index (κ3) is 3.45. The van der Waals surface area contributed by atoms with E-state index in [2.05, 4.69) is 55.0 Å². The lowest BCUT2D eigenvalue weighted by Gasteiger charge is -2.42. The molecule has 2 rings (SSSR count). The summed E-state index contributed by atoms with van der Waals surface area (Å²) in [5, 5.41) is 3.20. The maximum Gasteiger partial charge on any atom is 0.0805 e. The molecule has 0 saturated carbocycles. The highest BCUT2D eigenvalue weighted by Crippen LogP contribution is 2.26. The van der Waals surface area contributed by atoms with Crippen LogP contribution in [0.15, 0.2) is 18.3 Å². The maximum absolute atomic E-state index is 5.93. The number of pyridine rings is 1. The van der Waals surface area contributed by atoms with Gasteiger partial charge in [0.1, 0.15) is 0 Å². The quantitative estimate of drug-likeness (QED) is 0.908. The minimum Gasteiger partial charge on any atom is -0.369 e. The van der Waals surface area contributed by atoms with Crippen molar-refractivity contribution in [3.8, 4) is 0 Å². The third-order valence-corrected chi connectivity index (χ3v) is 3.58. The Bertz CT molecular complexity index is 416. The van der Waals surface area contributed by atoms with Gasteiger partial charge in [-0.15, -0.1) is 0 Å². The van der Waals surface area contributed by atoms with Crippen molar-refractivity contribution in [3.63, 3.8) is 0 Å². The van der Waals surface area contributed by atoms with Gasteiger partial charge in [0.2, 0.25) is 0 Å². The Kier molecular flexibility index (Phi) is 4.11. The van der Waals surface area contributed by atoms with Gasteiger partial charge in [0, 0.05) is 19.1 Å². The average Bonchev–Trinajstić information content (AvgIpc) is 2.35. The van der Waals surface area contributed by atoms with E-state index < -0.39 is 0 Å². The van der Waals surface area contributed by atoms with Crippen molar-refractivity contribution in [3.05, 3.63) is 24.0 Å². The van der Waals surface area contributed by atoms with Crippen molar-refractivity contribution >= 4 is 5.69 Å². The summed E-state index contributed by atoms with van der Waals surface area (Å²) in [5.74, 6) is 0. The number of rotatable bonds is 3. The van der Waals surface area contributed by atoms with Crippen LogP contribution in [-0.2, 0) is 4.74 Å². The molecule has 1 aliphatic heterocycles. The van der Waals surface area contributed by atoms with E-state index in [-0.39, 0.29) is 17.7 Å². The molecule has 1 saturated heterocycles. The van der Waals surface area contributed by atoms with Crippen molar-refractivity contribution in [2.45, 2.75) is 45.4 Å². The fraction of sp³-hybridized carbons (Fsp3) is 0.667. The van der Waals surface area contributed by atoms with Crippen LogP contribution in [0.4, 0.5) is 5.69 Å². The largest absolute Gasteiger partial charge is 0.369 e. The molecule has 1 aromatic heterocycles. The van der Waals surface area contributed by atoms with Gasteiger partial charge in [0.15, 0.2) is 0 Å². The second kappa shape index (κ2) is 5.47. The van der Waals surface area contributed by atoms with Gasteiger partial charge in [0.25, 0.3) is 0 Å². The Balaban J connectivity index is 2.13. The topological polar surface area (TPSA) is 37.4 Å². The van der Waals surface area contributed by atoms with E-state index >= 15 is 0 Å². The smallest absolute Gasteiger partial charge is 0.0805 e. The van der Waals surface area contributed by atoms with Gasteiger partial charge < -0.3 is 15.0 Å². The normalized spacial score (nSPS) is 24.3. The Morgan fingerprint density at radius 3 is 2.74 bits per heavy atom.